The summed E-state index contributed by atoms with van der Waals surface area (Å²) in [5, 5.41) is 0.931. The van der Waals surface area contributed by atoms with Gasteiger partial charge in [0.05, 0.1) is 18.6 Å². The van der Waals surface area contributed by atoms with E-state index in [1.807, 2.05) is 22.9 Å². The first-order valence-electron chi connectivity index (χ1n) is 10.2. The zero-order chi connectivity index (χ0) is 23.6. The molecule has 4 rings (SSSR count). The smallest absolute Gasteiger partial charge is 0.283 e. The van der Waals surface area contributed by atoms with Gasteiger partial charge in [0.15, 0.2) is 0 Å². The Labute approximate surface area is 190 Å². The molecule has 2 heterocycles. The van der Waals surface area contributed by atoms with Gasteiger partial charge in [0.1, 0.15) is 17.3 Å². The second-order valence-electron chi connectivity index (χ2n) is 7.42. The molecule has 0 spiro atoms. The van der Waals surface area contributed by atoms with Gasteiger partial charge in [-0.25, -0.2) is 22.5 Å². The van der Waals surface area contributed by atoms with Crippen LogP contribution >= 0.6 is 0 Å². The maximum Gasteiger partial charge on any atom is 0.283 e. The number of methoxy groups -OCH3 is 1. The van der Waals surface area contributed by atoms with Gasteiger partial charge in [0.2, 0.25) is 10.0 Å². The Morgan fingerprint density at radius 1 is 1.12 bits per heavy atom. The fourth-order valence-electron chi connectivity index (χ4n) is 3.56. The summed E-state index contributed by atoms with van der Waals surface area (Å²) in [7, 11) is -2.11. The Morgan fingerprint density at radius 3 is 2.58 bits per heavy atom. The van der Waals surface area contributed by atoms with Crippen LogP contribution in [0.15, 0.2) is 60.7 Å². The van der Waals surface area contributed by atoms with Crippen LogP contribution in [-0.2, 0) is 16.4 Å². The molecule has 0 aliphatic rings. The van der Waals surface area contributed by atoms with Crippen molar-refractivity contribution in [3.8, 4) is 17.0 Å². The number of hydrogen-bond donors (Lipinski definition) is 2. The third kappa shape index (κ3) is 4.88. The van der Waals surface area contributed by atoms with Gasteiger partial charge < -0.3 is 9.72 Å². The van der Waals surface area contributed by atoms with Crippen molar-refractivity contribution in [3.63, 3.8) is 0 Å². The fourth-order valence-corrected chi connectivity index (χ4v) is 4.09. The summed E-state index contributed by atoms with van der Waals surface area (Å²) in [5.74, 6) is -0.630. The number of fused-ring (bicyclic) bond motifs is 1. The van der Waals surface area contributed by atoms with E-state index in [9.17, 15) is 17.6 Å². The Bertz CT molecular complexity index is 1430. The maximum absolute atomic E-state index is 13.5. The lowest BCUT2D eigenvalue weighted by atomic mass is 10.0. The summed E-state index contributed by atoms with van der Waals surface area (Å²) in [6.07, 6.45) is 0.362. The van der Waals surface area contributed by atoms with Crippen LogP contribution in [0, 0.1) is 5.82 Å². The molecule has 0 saturated carbocycles. The number of benzene rings is 2. The van der Waals surface area contributed by atoms with Crippen LogP contribution < -0.4 is 9.46 Å². The average Bonchev–Trinajstić information content (AvgIpc) is 3.16. The number of amides is 1. The quantitative estimate of drug-likeness (QED) is 0.427. The van der Waals surface area contributed by atoms with Crippen LogP contribution in [-0.4, -0.2) is 37.2 Å². The van der Waals surface area contributed by atoms with Crippen molar-refractivity contribution in [2.24, 2.45) is 0 Å². The van der Waals surface area contributed by atoms with Crippen LogP contribution in [0.3, 0.4) is 0 Å². The molecule has 2 aromatic carbocycles. The second kappa shape index (κ2) is 9.03. The van der Waals surface area contributed by atoms with Crippen molar-refractivity contribution in [2.45, 2.75) is 13.3 Å². The van der Waals surface area contributed by atoms with Crippen LogP contribution in [0.4, 0.5) is 4.39 Å². The third-order valence-electron chi connectivity index (χ3n) is 5.27. The minimum atomic E-state index is -3.70. The predicted octanol–water partition coefficient (Wildman–Crippen LogP) is 4.05. The molecule has 0 radical (unpaired) electrons. The van der Waals surface area contributed by atoms with Crippen LogP contribution in [0.1, 0.15) is 28.7 Å². The Balaban J connectivity index is 1.76. The van der Waals surface area contributed by atoms with Crippen LogP contribution in [0.2, 0.25) is 0 Å². The summed E-state index contributed by atoms with van der Waals surface area (Å²) in [6, 6.07) is 16.7. The zero-order valence-electron chi connectivity index (χ0n) is 18.1. The number of ether oxygens (including phenoxy) is 1. The van der Waals surface area contributed by atoms with Gasteiger partial charge in [-0.3, -0.25) is 4.79 Å². The van der Waals surface area contributed by atoms with Crippen molar-refractivity contribution in [3.05, 3.63) is 83.4 Å². The maximum atomic E-state index is 13.5. The number of aromatic amines is 1. The number of sulfonamides is 1. The first kappa shape index (κ1) is 22.5. The van der Waals surface area contributed by atoms with Gasteiger partial charge in [-0.1, -0.05) is 6.07 Å². The van der Waals surface area contributed by atoms with Crippen molar-refractivity contribution in [2.75, 3.05) is 12.9 Å². The summed E-state index contributed by atoms with van der Waals surface area (Å²) in [4.78, 5) is 20.1. The number of nitrogens with zero attached hydrogens (tertiary/aromatic N) is 1. The van der Waals surface area contributed by atoms with Gasteiger partial charge in [0.25, 0.3) is 5.91 Å². The van der Waals surface area contributed by atoms with Gasteiger partial charge in [-0.05, 0) is 66.6 Å². The molecule has 2 aromatic heterocycles. The van der Waals surface area contributed by atoms with E-state index >= 15 is 0 Å². The highest BCUT2D eigenvalue weighted by molar-refractivity contribution is 7.90. The molecule has 0 aliphatic heterocycles. The fraction of sp³-hybridized carbons (Fsp3) is 0.167. The lowest BCUT2D eigenvalue weighted by Crippen LogP contribution is -2.32. The molecule has 170 valence electrons. The number of hydrogen-bond acceptors (Lipinski definition) is 5. The molecule has 33 heavy (non-hydrogen) atoms. The SMILES string of the molecule is CCS(=O)(=O)NC(=O)c1cccc(Cc2c(-c3ccc(F)cc3)[nH]c3cc(OC)ccc23)n1. The molecule has 0 atom stereocenters. The largest absolute Gasteiger partial charge is 0.497 e. The summed E-state index contributed by atoms with van der Waals surface area (Å²) < 4.78 is 44.3. The average molecular weight is 468 g/mol. The number of halogens is 1. The number of nitrogens with one attached hydrogen (secondary N) is 2. The highest BCUT2D eigenvalue weighted by atomic mass is 32.2. The van der Waals surface area contributed by atoms with E-state index < -0.39 is 15.9 Å². The summed E-state index contributed by atoms with van der Waals surface area (Å²) >= 11 is 0. The van der Waals surface area contributed by atoms with E-state index in [0.717, 1.165) is 27.7 Å². The van der Waals surface area contributed by atoms with Crippen molar-refractivity contribution < 1.29 is 22.3 Å². The predicted molar refractivity (Wildman–Crippen MR) is 124 cm³/mol. The molecule has 0 unspecified atom stereocenters. The molecule has 0 bridgehead atoms. The van der Waals surface area contributed by atoms with Crippen LogP contribution in [0.5, 0.6) is 5.75 Å². The molecular weight excluding hydrogens is 445 g/mol. The number of aromatic nitrogens is 2. The number of carbonyl (C=O) groups excluding carboxylic acids is 1. The minimum Gasteiger partial charge on any atom is -0.497 e. The molecule has 7 nitrogen and oxygen atoms in total. The third-order valence-corrected chi connectivity index (χ3v) is 6.53. The zero-order valence-corrected chi connectivity index (χ0v) is 18.9. The van der Waals surface area contributed by atoms with E-state index in [2.05, 4.69) is 9.97 Å². The lowest BCUT2D eigenvalue weighted by molar-refractivity contribution is 0.0976. The van der Waals surface area contributed by atoms with Crippen molar-refractivity contribution >= 4 is 26.8 Å². The molecule has 0 fully saturated rings. The first-order valence-corrected chi connectivity index (χ1v) is 11.9. The molecule has 9 heteroatoms. The van der Waals surface area contributed by atoms with Gasteiger partial charge >= 0.3 is 0 Å². The molecule has 2 N–H and O–H groups in total. The van der Waals surface area contributed by atoms with Gasteiger partial charge in [-0.15, -0.1) is 0 Å². The first-order chi connectivity index (χ1) is 15.8. The minimum absolute atomic E-state index is 0.00867. The molecular formula is C24H22FN3O4S. The monoisotopic (exact) mass is 467 g/mol. The van der Waals surface area contributed by atoms with Crippen molar-refractivity contribution in [1.82, 2.24) is 14.7 Å². The summed E-state index contributed by atoms with van der Waals surface area (Å²) in [6.45, 7) is 1.45. The van der Waals surface area contributed by atoms with Gasteiger partial charge in [0, 0.05) is 29.1 Å². The van der Waals surface area contributed by atoms with E-state index in [1.54, 1.807) is 31.4 Å². The highest BCUT2D eigenvalue weighted by Gasteiger charge is 2.18. The Morgan fingerprint density at radius 2 is 1.88 bits per heavy atom. The second-order valence-corrected chi connectivity index (χ2v) is 9.43. The van der Waals surface area contributed by atoms with E-state index in [4.69, 9.17) is 4.74 Å². The Kier molecular flexibility index (Phi) is 6.15. The molecule has 4 aromatic rings. The molecule has 0 aliphatic carbocycles. The van der Waals surface area contributed by atoms with E-state index in [-0.39, 0.29) is 17.3 Å². The summed E-state index contributed by atoms with van der Waals surface area (Å²) in [5.41, 5.74) is 3.93. The van der Waals surface area contributed by atoms with E-state index in [1.165, 1.54) is 25.1 Å². The highest BCUT2D eigenvalue weighted by Crippen LogP contribution is 2.33. The number of H-pyrrole nitrogens is 1. The van der Waals surface area contributed by atoms with E-state index in [0.29, 0.717) is 17.9 Å². The number of carbonyl (C=O) groups is 1. The van der Waals surface area contributed by atoms with Crippen LogP contribution in [0.25, 0.3) is 22.2 Å². The van der Waals surface area contributed by atoms with Gasteiger partial charge in [-0.2, -0.15) is 0 Å². The molecule has 1 amide bonds. The normalized spacial score (nSPS) is 11.5. The standard InChI is InChI=1S/C24H22FN3O4S/c1-3-33(30,31)28-24(29)21-6-4-5-17(26-21)13-20-19-12-11-18(32-2)14-22(19)27-23(20)15-7-9-16(25)10-8-15/h4-12,14,27H,3,13H2,1-2H3,(H,28,29). The number of pyridine rings is 1. The molecule has 0 saturated heterocycles. The Hall–Kier alpha value is -3.72. The number of rotatable bonds is 7. The topological polar surface area (TPSA) is 101 Å². The van der Waals surface area contributed by atoms with Crippen molar-refractivity contribution in [1.29, 1.82) is 0 Å². The lowest BCUT2D eigenvalue weighted by Gasteiger charge is -2.08.